The van der Waals surface area contributed by atoms with Gasteiger partial charge in [0.1, 0.15) is 5.82 Å². The molecule has 108 valence electrons. The number of hydrogen-bond donors (Lipinski definition) is 1. The molecule has 0 spiro atoms. The lowest BCUT2D eigenvalue weighted by Gasteiger charge is -2.07. The third kappa shape index (κ3) is 2.05. The van der Waals surface area contributed by atoms with Crippen molar-refractivity contribution in [2.45, 2.75) is 39.2 Å². The molecule has 2 N–H and O–H groups in total. The monoisotopic (exact) mass is 297 g/mol. The average molecular weight is 297 g/mol. The number of aryl methyl sites for hydroxylation is 2. The number of hydrogen-bond acceptors (Lipinski definition) is 3. The van der Waals surface area contributed by atoms with Gasteiger partial charge in [-0.1, -0.05) is 13.0 Å². The molecule has 0 saturated heterocycles. The topological polar surface area (TPSA) is 43.8 Å². The Morgan fingerprint density at radius 3 is 2.81 bits per heavy atom. The lowest BCUT2D eigenvalue weighted by molar-refractivity contribution is 0.775. The zero-order chi connectivity index (χ0) is 14.6. The Hall–Kier alpha value is -1.81. The maximum atomic E-state index is 6.26. The van der Waals surface area contributed by atoms with Crippen molar-refractivity contribution in [2.75, 3.05) is 5.73 Å². The number of aromatic nitrogens is 2. The predicted molar refractivity (Wildman–Crippen MR) is 89.8 cm³/mol. The van der Waals surface area contributed by atoms with E-state index in [-0.39, 0.29) is 0 Å². The number of nitrogen functional groups attached to an aromatic ring is 1. The van der Waals surface area contributed by atoms with E-state index in [0.717, 1.165) is 28.3 Å². The van der Waals surface area contributed by atoms with Crippen LogP contribution in [0.25, 0.3) is 22.4 Å². The molecule has 3 aromatic rings. The molecule has 4 rings (SSSR count). The minimum Gasteiger partial charge on any atom is -0.390 e. The number of nitrogens with two attached hydrogens (primary N) is 1. The van der Waals surface area contributed by atoms with E-state index >= 15 is 0 Å². The van der Waals surface area contributed by atoms with E-state index in [0.29, 0.717) is 6.04 Å². The van der Waals surface area contributed by atoms with E-state index in [4.69, 9.17) is 10.7 Å². The summed E-state index contributed by atoms with van der Waals surface area (Å²) in [4.78, 5) is 6.23. The summed E-state index contributed by atoms with van der Waals surface area (Å²) in [5, 5.41) is 0.890. The van der Waals surface area contributed by atoms with Crippen LogP contribution < -0.4 is 5.73 Å². The van der Waals surface area contributed by atoms with Crippen molar-refractivity contribution in [3.63, 3.8) is 0 Å². The first-order valence-electron chi connectivity index (χ1n) is 7.54. The first kappa shape index (κ1) is 12.9. The second kappa shape index (κ2) is 4.60. The normalized spacial score (nSPS) is 15.0. The summed E-state index contributed by atoms with van der Waals surface area (Å²) in [6.45, 7) is 4.28. The first-order valence-corrected chi connectivity index (χ1v) is 8.36. The molecule has 2 aromatic heterocycles. The van der Waals surface area contributed by atoms with Gasteiger partial charge in [0.15, 0.2) is 0 Å². The van der Waals surface area contributed by atoms with Crippen LogP contribution in [-0.4, -0.2) is 9.55 Å². The van der Waals surface area contributed by atoms with Crippen molar-refractivity contribution in [1.82, 2.24) is 9.55 Å². The minimum atomic E-state index is 0.595. The summed E-state index contributed by atoms with van der Waals surface area (Å²) in [5.41, 5.74) is 10.9. The van der Waals surface area contributed by atoms with Gasteiger partial charge in [0.25, 0.3) is 0 Å². The highest BCUT2D eigenvalue weighted by molar-refractivity contribution is 7.16. The highest BCUT2D eigenvalue weighted by Gasteiger charge is 2.29. The van der Waals surface area contributed by atoms with Gasteiger partial charge in [0, 0.05) is 10.9 Å². The second-order valence-corrected chi connectivity index (χ2v) is 7.04. The number of benzene rings is 1. The second-order valence-electron chi connectivity index (χ2n) is 5.87. The van der Waals surface area contributed by atoms with E-state index in [1.807, 2.05) is 0 Å². The largest absolute Gasteiger partial charge is 0.390 e. The maximum absolute atomic E-state index is 6.26. The highest BCUT2D eigenvalue weighted by Crippen LogP contribution is 2.43. The fraction of sp³-hybridized carbons (Fsp3) is 0.353. The Morgan fingerprint density at radius 1 is 1.33 bits per heavy atom. The Balaban J connectivity index is 1.98. The lowest BCUT2D eigenvalue weighted by Crippen LogP contribution is -1.98. The van der Waals surface area contributed by atoms with Crippen LogP contribution in [0.1, 0.15) is 36.2 Å². The van der Waals surface area contributed by atoms with Gasteiger partial charge in [0.2, 0.25) is 0 Å². The molecule has 1 aliphatic rings. The van der Waals surface area contributed by atoms with Crippen molar-refractivity contribution in [3.8, 4) is 11.4 Å². The standard InChI is InChI=1S/C17H19N3S/c1-3-12-9-13(16(18)21-12)17-19-14-8-10(2)4-7-15(14)20(17)11-5-6-11/h4,7-9,11H,3,5-6,18H2,1-2H3. The van der Waals surface area contributed by atoms with Crippen molar-refractivity contribution >= 4 is 27.4 Å². The molecular weight excluding hydrogens is 278 g/mol. The van der Waals surface area contributed by atoms with Crippen molar-refractivity contribution in [1.29, 1.82) is 0 Å². The molecular formula is C17H19N3S. The molecule has 0 amide bonds. The quantitative estimate of drug-likeness (QED) is 0.770. The molecule has 1 aliphatic carbocycles. The van der Waals surface area contributed by atoms with Crippen LogP contribution in [0, 0.1) is 6.92 Å². The number of nitrogens with zero attached hydrogens (tertiary/aromatic N) is 2. The van der Waals surface area contributed by atoms with Gasteiger partial charge >= 0.3 is 0 Å². The van der Waals surface area contributed by atoms with Crippen LogP contribution in [-0.2, 0) is 6.42 Å². The summed E-state index contributed by atoms with van der Waals surface area (Å²) >= 11 is 1.69. The molecule has 0 unspecified atom stereocenters. The lowest BCUT2D eigenvalue weighted by atomic mass is 10.2. The van der Waals surface area contributed by atoms with Gasteiger partial charge < -0.3 is 10.3 Å². The van der Waals surface area contributed by atoms with Crippen molar-refractivity contribution in [3.05, 3.63) is 34.7 Å². The predicted octanol–water partition coefficient (Wildman–Crippen LogP) is 4.55. The van der Waals surface area contributed by atoms with Crippen molar-refractivity contribution in [2.24, 2.45) is 0 Å². The molecule has 21 heavy (non-hydrogen) atoms. The summed E-state index contributed by atoms with van der Waals surface area (Å²) < 4.78 is 2.40. The number of fused-ring (bicyclic) bond motifs is 1. The first-order chi connectivity index (χ1) is 10.2. The van der Waals surface area contributed by atoms with E-state index in [1.54, 1.807) is 11.3 Å². The summed E-state index contributed by atoms with van der Waals surface area (Å²) in [7, 11) is 0. The maximum Gasteiger partial charge on any atom is 0.144 e. The molecule has 4 heteroatoms. The highest BCUT2D eigenvalue weighted by atomic mass is 32.1. The molecule has 0 atom stereocenters. The molecule has 1 saturated carbocycles. The van der Waals surface area contributed by atoms with Crippen LogP contribution in [0.2, 0.25) is 0 Å². The molecule has 0 bridgehead atoms. The molecule has 1 fully saturated rings. The zero-order valence-electron chi connectivity index (χ0n) is 12.4. The van der Waals surface area contributed by atoms with E-state index in [1.165, 1.54) is 28.8 Å². The Kier molecular flexibility index (Phi) is 2.82. The zero-order valence-corrected chi connectivity index (χ0v) is 13.2. The van der Waals surface area contributed by atoms with Gasteiger partial charge in [-0.15, -0.1) is 11.3 Å². The van der Waals surface area contributed by atoms with Crippen LogP contribution in [0.4, 0.5) is 5.00 Å². The van der Waals surface area contributed by atoms with Crippen LogP contribution in [0.3, 0.4) is 0 Å². The third-order valence-corrected chi connectivity index (χ3v) is 5.27. The number of anilines is 1. The smallest absolute Gasteiger partial charge is 0.144 e. The summed E-state index contributed by atoms with van der Waals surface area (Å²) in [6, 6.07) is 9.34. The van der Waals surface area contributed by atoms with E-state index in [9.17, 15) is 0 Å². The molecule has 3 nitrogen and oxygen atoms in total. The Morgan fingerprint density at radius 2 is 2.14 bits per heavy atom. The molecule has 0 aliphatic heterocycles. The SMILES string of the molecule is CCc1cc(-c2nc3cc(C)ccc3n2C2CC2)c(N)s1. The molecule has 2 heterocycles. The van der Waals surface area contributed by atoms with Gasteiger partial charge in [-0.2, -0.15) is 0 Å². The van der Waals surface area contributed by atoms with Gasteiger partial charge in [-0.05, 0) is 49.9 Å². The number of thiophene rings is 1. The van der Waals surface area contributed by atoms with Gasteiger partial charge in [-0.3, -0.25) is 0 Å². The third-order valence-electron chi connectivity index (χ3n) is 4.16. The average Bonchev–Trinajstić information content (AvgIpc) is 3.13. The van der Waals surface area contributed by atoms with Gasteiger partial charge in [0.05, 0.1) is 21.6 Å². The number of imidazole rings is 1. The van der Waals surface area contributed by atoms with Crippen LogP contribution >= 0.6 is 11.3 Å². The van der Waals surface area contributed by atoms with Crippen LogP contribution in [0.15, 0.2) is 24.3 Å². The van der Waals surface area contributed by atoms with Gasteiger partial charge in [-0.25, -0.2) is 4.98 Å². The molecule has 0 radical (unpaired) electrons. The van der Waals surface area contributed by atoms with E-state index in [2.05, 4.69) is 42.7 Å². The van der Waals surface area contributed by atoms with E-state index < -0.39 is 0 Å². The fourth-order valence-corrected chi connectivity index (χ4v) is 3.77. The summed E-state index contributed by atoms with van der Waals surface area (Å²) in [5.74, 6) is 1.05. The van der Waals surface area contributed by atoms with Crippen molar-refractivity contribution < 1.29 is 0 Å². The Bertz CT molecular complexity index is 824. The Labute approximate surface area is 128 Å². The van der Waals surface area contributed by atoms with Crippen LogP contribution in [0.5, 0.6) is 0 Å². The fourth-order valence-electron chi connectivity index (χ4n) is 2.91. The summed E-state index contributed by atoms with van der Waals surface area (Å²) in [6.07, 6.45) is 3.52. The number of rotatable bonds is 3. The minimum absolute atomic E-state index is 0.595. The molecule has 1 aromatic carbocycles.